The van der Waals surface area contributed by atoms with Crippen LogP contribution in [-0.4, -0.2) is 30.8 Å². The number of aryl methyl sites for hydroxylation is 1. The molecular formula is C22H18BrClN4O4. The minimum Gasteiger partial charge on any atom is -0.467 e. The summed E-state index contributed by atoms with van der Waals surface area (Å²) in [5, 5.41) is 14.0. The van der Waals surface area contributed by atoms with E-state index in [9.17, 15) is 10.1 Å². The molecule has 0 unspecified atom stereocenters. The summed E-state index contributed by atoms with van der Waals surface area (Å²) in [7, 11) is 1.52. The molecule has 32 heavy (non-hydrogen) atoms. The van der Waals surface area contributed by atoms with Crippen molar-refractivity contribution in [3.63, 3.8) is 0 Å². The smallest absolute Gasteiger partial charge is 0.278 e. The first-order valence-corrected chi connectivity index (χ1v) is 10.5. The van der Waals surface area contributed by atoms with Crippen molar-refractivity contribution in [3.8, 4) is 23.3 Å². The number of hydrogen-bond donors (Lipinski definition) is 1. The Labute approximate surface area is 197 Å². The number of hydrazone groups is 1. The highest BCUT2D eigenvalue weighted by Gasteiger charge is 2.18. The zero-order chi connectivity index (χ0) is 23.1. The summed E-state index contributed by atoms with van der Waals surface area (Å²) < 4.78 is 16.9. The lowest BCUT2D eigenvalue weighted by Gasteiger charge is -2.13. The second-order valence-corrected chi connectivity index (χ2v) is 7.73. The topological polar surface area (TPSA) is 110 Å². The van der Waals surface area contributed by atoms with E-state index in [4.69, 9.17) is 25.5 Å². The van der Waals surface area contributed by atoms with Crippen LogP contribution in [0.4, 0.5) is 0 Å². The minimum atomic E-state index is -0.523. The number of nitrogens with zero attached hydrogens (tertiary/aromatic N) is 3. The molecule has 2 aromatic heterocycles. The molecule has 10 heteroatoms. The zero-order valence-corrected chi connectivity index (χ0v) is 19.5. The van der Waals surface area contributed by atoms with E-state index in [1.165, 1.54) is 13.3 Å². The number of hydrogen-bond acceptors (Lipinski definition) is 7. The maximum atomic E-state index is 12.1. The van der Waals surface area contributed by atoms with Crippen LogP contribution < -0.4 is 10.2 Å². The molecule has 0 aliphatic heterocycles. The summed E-state index contributed by atoms with van der Waals surface area (Å²) in [6.45, 7) is 1.57. The monoisotopic (exact) mass is 516 g/mol. The maximum Gasteiger partial charge on any atom is 0.278 e. The van der Waals surface area contributed by atoms with Gasteiger partial charge in [-0.25, -0.2) is 10.4 Å². The number of rotatable bonds is 8. The highest BCUT2D eigenvalue weighted by Crippen LogP contribution is 2.30. The summed E-state index contributed by atoms with van der Waals surface area (Å²) in [6.07, 6.45) is 1.37. The van der Waals surface area contributed by atoms with E-state index in [1.54, 1.807) is 31.2 Å². The Hall–Kier alpha value is -3.19. The van der Waals surface area contributed by atoms with Gasteiger partial charge in [0.1, 0.15) is 23.2 Å². The molecule has 8 nitrogen and oxygen atoms in total. The van der Waals surface area contributed by atoms with Gasteiger partial charge < -0.3 is 13.9 Å². The first-order chi connectivity index (χ1) is 15.4. The second-order valence-electron chi connectivity index (χ2n) is 6.51. The third-order valence-corrected chi connectivity index (χ3v) is 5.55. The molecule has 1 aromatic carbocycles. The van der Waals surface area contributed by atoms with Crippen molar-refractivity contribution in [2.24, 2.45) is 5.10 Å². The molecule has 1 N–H and O–H groups in total. The molecule has 1 amide bonds. The number of ether oxygens (including phenoxy) is 2. The van der Waals surface area contributed by atoms with E-state index in [2.05, 4.69) is 31.4 Å². The first kappa shape index (κ1) is 23.5. The molecule has 2 heterocycles. The van der Waals surface area contributed by atoms with Crippen LogP contribution in [0.1, 0.15) is 22.6 Å². The van der Waals surface area contributed by atoms with Crippen LogP contribution in [0.5, 0.6) is 5.88 Å². The van der Waals surface area contributed by atoms with Gasteiger partial charge in [-0.15, -0.1) is 0 Å². The molecule has 0 bridgehead atoms. The van der Waals surface area contributed by atoms with Gasteiger partial charge in [0, 0.05) is 27.7 Å². The lowest BCUT2D eigenvalue weighted by Crippen LogP contribution is -2.25. The quantitative estimate of drug-likeness (QED) is 0.345. The lowest BCUT2D eigenvalue weighted by molar-refractivity contribution is -0.123. The van der Waals surface area contributed by atoms with E-state index in [0.29, 0.717) is 32.3 Å². The number of nitriles is 1. The highest BCUT2D eigenvalue weighted by atomic mass is 79.9. The van der Waals surface area contributed by atoms with E-state index >= 15 is 0 Å². The number of methoxy groups -OCH3 is 1. The van der Waals surface area contributed by atoms with Crippen molar-refractivity contribution < 1.29 is 18.7 Å². The van der Waals surface area contributed by atoms with Crippen LogP contribution in [-0.2, 0) is 16.1 Å². The van der Waals surface area contributed by atoms with E-state index in [1.807, 2.05) is 18.2 Å². The van der Waals surface area contributed by atoms with E-state index in [0.717, 1.165) is 5.56 Å². The van der Waals surface area contributed by atoms with Crippen molar-refractivity contribution in [3.05, 3.63) is 68.5 Å². The van der Waals surface area contributed by atoms with Gasteiger partial charge in [-0.05, 0) is 59.3 Å². The van der Waals surface area contributed by atoms with Gasteiger partial charge in [0.25, 0.3) is 5.91 Å². The van der Waals surface area contributed by atoms with Crippen LogP contribution in [0.3, 0.4) is 0 Å². The lowest BCUT2D eigenvalue weighted by atomic mass is 10.1. The Morgan fingerprint density at radius 2 is 2.09 bits per heavy atom. The normalized spacial score (nSPS) is 10.8. The number of nitrogens with one attached hydrogen (secondary N) is 1. The number of benzene rings is 1. The fourth-order valence-corrected chi connectivity index (χ4v) is 3.27. The number of pyridine rings is 1. The van der Waals surface area contributed by atoms with E-state index < -0.39 is 5.91 Å². The Morgan fingerprint density at radius 1 is 1.34 bits per heavy atom. The summed E-state index contributed by atoms with van der Waals surface area (Å²) in [5.74, 6) is 0.631. The van der Waals surface area contributed by atoms with Gasteiger partial charge in [0.15, 0.2) is 6.61 Å². The molecule has 0 saturated carbocycles. The molecule has 164 valence electrons. The van der Waals surface area contributed by atoms with Gasteiger partial charge in [0.2, 0.25) is 5.88 Å². The highest BCUT2D eigenvalue weighted by molar-refractivity contribution is 9.10. The fraction of sp³-hybridized carbons (Fsp3) is 0.182. The second kappa shape index (κ2) is 10.9. The predicted molar refractivity (Wildman–Crippen MR) is 122 cm³/mol. The number of amides is 1. The summed E-state index contributed by atoms with van der Waals surface area (Å²) in [5.41, 5.74) is 4.62. The van der Waals surface area contributed by atoms with E-state index in [-0.39, 0.29) is 24.7 Å². The number of furan rings is 1. The summed E-state index contributed by atoms with van der Waals surface area (Å²) in [4.78, 5) is 16.3. The number of carbonyl (C=O) groups is 1. The first-order valence-electron chi connectivity index (χ1n) is 9.31. The Balaban J connectivity index is 1.60. The van der Waals surface area contributed by atoms with Crippen molar-refractivity contribution in [1.29, 1.82) is 5.26 Å². The van der Waals surface area contributed by atoms with Gasteiger partial charge in [-0.3, -0.25) is 4.79 Å². The van der Waals surface area contributed by atoms with Crippen LogP contribution in [0.2, 0.25) is 5.02 Å². The van der Waals surface area contributed by atoms with Crippen molar-refractivity contribution in [2.75, 3.05) is 13.7 Å². The molecule has 0 atom stereocenters. The molecular weight excluding hydrogens is 500 g/mol. The zero-order valence-electron chi connectivity index (χ0n) is 17.2. The Bertz CT molecular complexity index is 1190. The molecule has 0 aliphatic rings. The van der Waals surface area contributed by atoms with Gasteiger partial charge in [0.05, 0.1) is 18.5 Å². The van der Waals surface area contributed by atoms with Crippen LogP contribution >= 0.6 is 27.5 Å². The third kappa shape index (κ3) is 5.73. The maximum absolute atomic E-state index is 12.1. The van der Waals surface area contributed by atoms with Gasteiger partial charge >= 0.3 is 0 Å². The molecule has 0 saturated heterocycles. The van der Waals surface area contributed by atoms with Gasteiger partial charge in [-0.1, -0.05) is 11.6 Å². The minimum absolute atomic E-state index is 0.0537. The summed E-state index contributed by atoms with van der Waals surface area (Å²) in [6, 6.07) is 12.8. The van der Waals surface area contributed by atoms with Gasteiger partial charge in [-0.2, -0.15) is 10.4 Å². The molecule has 0 aliphatic carbocycles. The number of halogens is 2. The standard InChI is InChI=1S/C22H18BrClN4O4/c1-13-21(23)18(11-30-2)17(9-25)22(27-13)31-12-20(29)28-26-10-16-7-8-19(32-16)14-3-5-15(24)6-4-14/h3-8,10H,11-12H2,1-2H3,(H,28,29). The largest absolute Gasteiger partial charge is 0.467 e. The van der Waals surface area contributed by atoms with Crippen LogP contribution in [0.15, 0.2) is 50.4 Å². The third-order valence-electron chi connectivity index (χ3n) is 4.24. The molecule has 0 fully saturated rings. The van der Waals surface area contributed by atoms with Crippen molar-refractivity contribution >= 4 is 39.7 Å². The SMILES string of the molecule is COCc1c(Br)c(C)nc(OCC(=O)NN=Cc2ccc(-c3ccc(Cl)cc3)o2)c1C#N. The van der Waals surface area contributed by atoms with Crippen molar-refractivity contribution in [1.82, 2.24) is 10.4 Å². The Morgan fingerprint density at radius 3 is 2.78 bits per heavy atom. The Kier molecular flexibility index (Phi) is 8.00. The van der Waals surface area contributed by atoms with Crippen molar-refractivity contribution in [2.45, 2.75) is 13.5 Å². The average molecular weight is 518 g/mol. The van der Waals surface area contributed by atoms with Crippen LogP contribution in [0, 0.1) is 18.3 Å². The average Bonchev–Trinajstić information content (AvgIpc) is 3.25. The predicted octanol–water partition coefficient (Wildman–Crippen LogP) is 4.61. The van der Waals surface area contributed by atoms with Crippen LogP contribution in [0.25, 0.3) is 11.3 Å². The number of carbonyl (C=O) groups excluding carboxylic acids is 1. The molecule has 0 spiro atoms. The number of aromatic nitrogens is 1. The fourth-order valence-electron chi connectivity index (χ4n) is 2.74. The summed E-state index contributed by atoms with van der Waals surface area (Å²) >= 11 is 9.29. The molecule has 3 aromatic rings. The molecule has 3 rings (SSSR count). The molecule has 0 radical (unpaired) electrons.